The molecule has 0 bridgehead atoms. The number of nitrogens with one attached hydrogen (secondary N) is 1. The van der Waals surface area contributed by atoms with Gasteiger partial charge in [-0.3, -0.25) is 0 Å². The van der Waals surface area contributed by atoms with Gasteiger partial charge in [0.05, 0.1) is 11.7 Å². The van der Waals surface area contributed by atoms with Crippen molar-refractivity contribution in [1.82, 2.24) is 4.98 Å². The number of aromatic nitrogens is 1. The molecule has 0 saturated carbocycles. The van der Waals surface area contributed by atoms with Crippen molar-refractivity contribution in [2.75, 3.05) is 5.32 Å². The lowest BCUT2D eigenvalue weighted by Crippen LogP contribution is -2.10. The van der Waals surface area contributed by atoms with Crippen molar-refractivity contribution in [2.24, 2.45) is 0 Å². The second-order valence-corrected chi connectivity index (χ2v) is 5.29. The number of halogens is 1. The highest BCUT2D eigenvalue weighted by molar-refractivity contribution is 9.10. The molecule has 0 aliphatic heterocycles. The lowest BCUT2D eigenvalue weighted by molar-refractivity contribution is 0.747. The van der Waals surface area contributed by atoms with Crippen LogP contribution in [0.3, 0.4) is 0 Å². The molecule has 2 nitrogen and oxygen atoms in total. The van der Waals surface area contributed by atoms with Gasteiger partial charge in [-0.15, -0.1) is 0 Å². The molecule has 0 spiro atoms. The van der Waals surface area contributed by atoms with Crippen molar-refractivity contribution >= 4 is 21.6 Å². The van der Waals surface area contributed by atoms with Gasteiger partial charge in [0.2, 0.25) is 0 Å². The topological polar surface area (TPSA) is 24.9 Å². The molecule has 1 aromatic carbocycles. The summed E-state index contributed by atoms with van der Waals surface area (Å²) in [6.45, 7) is 4.37. The van der Waals surface area contributed by atoms with E-state index in [0.717, 1.165) is 23.1 Å². The summed E-state index contributed by atoms with van der Waals surface area (Å²) in [5.74, 6) is 0. The molecule has 1 N–H and O–H groups in total. The quantitative estimate of drug-likeness (QED) is 0.787. The first-order valence-electron chi connectivity index (χ1n) is 6.70. The second-order valence-electron chi connectivity index (χ2n) is 4.54. The summed E-state index contributed by atoms with van der Waals surface area (Å²) in [6.07, 6.45) is 3.90. The standard InChI is InChI=1S/C16H19BrN2/c1-3-12-7-9-13(10-8-12)14(4-2)19-15-6-5-11-18-16(15)17/h5-11,14,19H,3-4H2,1-2H3. The lowest BCUT2D eigenvalue weighted by atomic mass is 10.0. The van der Waals surface area contributed by atoms with Crippen molar-refractivity contribution in [1.29, 1.82) is 0 Å². The van der Waals surface area contributed by atoms with Gasteiger partial charge in [-0.2, -0.15) is 0 Å². The van der Waals surface area contributed by atoms with Crippen LogP contribution in [0.25, 0.3) is 0 Å². The molecule has 0 radical (unpaired) electrons. The van der Waals surface area contributed by atoms with E-state index in [9.17, 15) is 0 Å². The molecule has 1 aromatic heterocycles. The minimum absolute atomic E-state index is 0.311. The van der Waals surface area contributed by atoms with Crippen LogP contribution in [0.5, 0.6) is 0 Å². The number of aryl methyl sites for hydroxylation is 1. The van der Waals surface area contributed by atoms with Crippen LogP contribution in [-0.2, 0) is 6.42 Å². The van der Waals surface area contributed by atoms with E-state index in [-0.39, 0.29) is 0 Å². The van der Waals surface area contributed by atoms with Crippen LogP contribution in [0, 0.1) is 0 Å². The fourth-order valence-electron chi connectivity index (χ4n) is 2.09. The Bertz CT molecular complexity index is 523. The van der Waals surface area contributed by atoms with E-state index in [0.29, 0.717) is 6.04 Å². The Morgan fingerprint density at radius 3 is 2.47 bits per heavy atom. The molecule has 19 heavy (non-hydrogen) atoms. The number of hydrogen-bond acceptors (Lipinski definition) is 2. The first-order valence-corrected chi connectivity index (χ1v) is 7.49. The largest absolute Gasteiger partial charge is 0.376 e. The maximum atomic E-state index is 4.24. The van der Waals surface area contributed by atoms with E-state index in [2.05, 4.69) is 64.3 Å². The smallest absolute Gasteiger partial charge is 0.129 e. The van der Waals surface area contributed by atoms with Crippen LogP contribution in [0.2, 0.25) is 0 Å². The molecule has 0 amide bonds. The highest BCUT2D eigenvalue weighted by Gasteiger charge is 2.10. The summed E-state index contributed by atoms with van der Waals surface area (Å²) in [4.78, 5) is 4.24. The van der Waals surface area contributed by atoms with Crippen LogP contribution < -0.4 is 5.32 Å². The molecule has 0 aliphatic carbocycles. The number of pyridine rings is 1. The average Bonchev–Trinajstić information content (AvgIpc) is 2.47. The summed E-state index contributed by atoms with van der Waals surface area (Å²) < 4.78 is 0.860. The molecule has 100 valence electrons. The zero-order valence-corrected chi connectivity index (χ0v) is 12.9. The summed E-state index contributed by atoms with van der Waals surface area (Å²) in [5.41, 5.74) is 3.73. The number of nitrogens with zero attached hydrogens (tertiary/aromatic N) is 1. The minimum Gasteiger partial charge on any atom is -0.376 e. The highest BCUT2D eigenvalue weighted by atomic mass is 79.9. The van der Waals surface area contributed by atoms with E-state index < -0.39 is 0 Å². The van der Waals surface area contributed by atoms with Crippen molar-refractivity contribution in [3.05, 3.63) is 58.3 Å². The van der Waals surface area contributed by atoms with Crippen LogP contribution in [0.15, 0.2) is 47.2 Å². The zero-order chi connectivity index (χ0) is 13.7. The Kier molecular flexibility index (Phi) is 4.97. The summed E-state index contributed by atoms with van der Waals surface area (Å²) >= 11 is 3.48. The Morgan fingerprint density at radius 2 is 1.89 bits per heavy atom. The molecule has 0 saturated heterocycles. The van der Waals surface area contributed by atoms with Gasteiger partial charge in [0.15, 0.2) is 0 Å². The van der Waals surface area contributed by atoms with Crippen molar-refractivity contribution < 1.29 is 0 Å². The Morgan fingerprint density at radius 1 is 1.16 bits per heavy atom. The van der Waals surface area contributed by atoms with Gasteiger partial charge in [0.25, 0.3) is 0 Å². The molecule has 2 aromatic rings. The molecule has 0 aliphatic rings. The highest BCUT2D eigenvalue weighted by Crippen LogP contribution is 2.26. The first-order chi connectivity index (χ1) is 9.24. The molecule has 2 rings (SSSR count). The first kappa shape index (κ1) is 14.1. The Balaban J connectivity index is 2.17. The second kappa shape index (κ2) is 6.71. The molecule has 3 heteroatoms. The summed E-state index contributed by atoms with van der Waals surface area (Å²) in [7, 11) is 0. The number of anilines is 1. The third-order valence-corrected chi connectivity index (χ3v) is 3.92. The predicted molar refractivity (Wildman–Crippen MR) is 84.4 cm³/mol. The zero-order valence-electron chi connectivity index (χ0n) is 11.4. The van der Waals surface area contributed by atoms with E-state index in [4.69, 9.17) is 0 Å². The normalized spacial score (nSPS) is 12.2. The average molecular weight is 319 g/mol. The SMILES string of the molecule is CCc1ccc(C(CC)Nc2cccnc2Br)cc1. The molecule has 1 unspecified atom stereocenters. The van der Waals surface area contributed by atoms with Crippen LogP contribution >= 0.6 is 15.9 Å². The van der Waals surface area contributed by atoms with Gasteiger partial charge < -0.3 is 5.32 Å². The monoisotopic (exact) mass is 318 g/mol. The van der Waals surface area contributed by atoms with E-state index in [1.807, 2.05) is 12.1 Å². The molecule has 0 fully saturated rings. The number of hydrogen-bond donors (Lipinski definition) is 1. The van der Waals surface area contributed by atoms with Gasteiger partial charge in [0.1, 0.15) is 4.60 Å². The molecule has 1 heterocycles. The van der Waals surface area contributed by atoms with E-state index in [1.54, 1.807) is 6.20 Å². The Labute approximate surface area is 123 Å². The van der Waals surface area contributed by atoms with Gasteiger partial charge in [-0.05, 0) is 52.0 Å². The predicted octanol–water partition coefficient (Wildman–Crippen LogP) is 4.97. The lowest BCUT2D eigenvalue weighted by Gasteiger charge is -2.19. The number of rotatable bonds is 5. The maximum absolute atomic E-state index is 4.24. The van der Waals surface area contributed by atoms with E-state index >= 15 is 0 Å². The van der Waals surface area contributed by atoms with Gasteiger partial charge in [-0.1, -0.05) is 38.1 Å². The summed E-state index contributed by atoms with van der Waals surface area (Å²) in [5, 5.41) is 3.54. The maximum Gasteiger partial charge on any atom is 0.129 e. The molecule has 1 atom stereocenters. The van der Waals surface area contributed by atoms with Gasteiger partial charge in [0, 0.05) is 6.20 Å². The summed E-state index contributed by atoms with van der Waals surface area (Å²) in [6, 6.07) is 13.1. The van der Waals surface area contributed by atoms with Crippen molar-refractivity contribution in [2.45, 2.75) is 32.7 Å². The third kappa shape index (κ3) is 3.57. The van der Waals surface area contributed by atoms with Crippen molar-refractivity contribution in [3.63, 3.8) is 0 Å². The number of benzene rings is 1. The third-order valence-electron chi connectivity index (χ3n) is 3.29. The van der Waals surface area contributed by atoms with Crippen LogP contribution in [0.1, 0.15) is 37.4 Å². The fourth-order valence-corrected chi connectivity index (χ4v) is 2.45. The molecular weight excluding hydrogens is 300 g/mol. The van der Waals surface area contributed by atoms with Gasteiger partial charge in [-0.25, -0.2) is 4.98 Å². The minimum atomic E-state index is 0.311. The van der Waals surface area contributed by atoms with Crippen LogP contribution in [-0.4, -0.2) is 4.98 Å². The van der Waals surface area contributed by atoms with E-state index in [1.165, 1.54) is 11.1 Å². The van der Waals surface area contributed by atoms with Gasteiger partial charge >= 0.3 is 0 Å². The fraction of sp³-hybridized carbons (Fsp3) is 0.312. The van der Waals surface area contributed by atoms with Crippen LogP contribution in [0.4, 0.5) is 5.69 Å². The van der Waals surface area contributed by atoms with Crippen molar-refractivity contribution in [3.8, 4) is 0 Å². The Hall–Kier alpha value is -1.35. The molecular formula is C16H19BrN2.